The Labute approximate surface area is 128 Å². The summed E-state index contributed by atoms with van der Waals surface area (Å²) in [5, 5.41) is 0. The molecule has 0 heterocycles. The van der Waals surface area contributed by atoms with Crippen molar-refractivity contribution in [3.63, 3.8) is 0 Å². The minimum absolute atomic E-state index is 0.221. The number of carbonyl (C=O) groups is 1. The van der Waals surface area contributed by atoms with Crippen LogP contribution in [0.1, 0.15) is 45.6 Å². The van der Waals surface area contributed by atoms with Crippen LogP contribution in [0.2, 0.25) is 0 Å². The first-order valence-corrected chi connectivity index (χ1v) is 7.91. The monoisotopic (exact) mass is 292 g/mol. The SMILES string of the molecule is CCCCN(CC)C(=O)CCc1ccc(OCC)c(N)c1. The van der Waals surface area contributed by atoms with Crippen molar-refractivity contribution < 1.29 is 9.53 Å². The van der Waals surface area contributed by atoms with Gasteiger partial charge in [0.05, 0.1) is 12.3 Å². The summed E-state index contributed by atoms with van der Waals surface area (Å²) < 4.78 is 5.42. The molecule has 0 radical (unpaired) electrons. The molecule has 0 aliphatic rings. The molecule has 0 saturated carbocycles. The van der Waals surface area contributed by atoms with Crippen molar-refractivity contribution in [3.8, 4) is 5.75 Å². The van der Waals surface area contributed by atoms with E-state index in [1.165, 1.54) is 0 Å². The zero-order valence-corrected chi connectivity index (χ0v) is 13.5. The highest BCUT2D eigenvalue weighted by Crippen LogP contribution is 2.23. The van der Waals surface area contributed by atoms with E-state index in [0.717, 1.165) is 37.9 Å². The topological polar surface area (TPSA) is 55.6 Å². The van der Waals surface area contributed by atoms with Gasteiger partial charge in [0.15, 0.2) is 0 Å². The van der Waals surface area contributed by atoms with E-state index >= 15 is 0 Å². The number of ether oxygens (including phenoxy) is 1. The summed E-state index contributed by atoms with van der Waals surface area (Å²) in [6.07, 6.45) is 3.43. The summed E-state index contributed by atoms with van der Waals surface area (Å²) in [6, 6.07) is 5.77. The smallest absolute Gasteiger partial charge is 0.222 e. The van der Waals surface area contributed by atoms with Crippen molar-refractivity contribution in [2.24, 2.45) is 0 Å². The lowest BCUT2D eigenvalue weighted by atomic mass is 10.1. The highest BCUT2D eigenvalue weighted by atomic mass is 16.5. The first-order valence-electron chi connectivity index (χ1n) is 7.91. The van der Waals surface area contributed by atoms with Gasteiger partial charge in [-0.3, -0.25) is 4.79 Å². The molecule has 1 amide bonds. The fourth-order valence-electron chi connectivity index (χ4n) is 2.26. The zero-order chi connectivity index (χ0) is 15.7. The number of anilines is 1. The number of hydrogen-bond acceptors (Lipinski definition) is 3. The number of rotatable bonds is 9. The quantitative estimate of drug-likeness (QED) is 0.711. The largest absolute Gasteiger partial charge is 0.492 e. The number of carbonyl (C=O) groups excluding carboxylic acids is 1. The van der Waals surface area contributed by atoms with Crippen molar-refractivity contribution in [1.82, 2.24) is 4.90 Å². The van der Waals surface area contributed by atoms with Gasteiger partial charge in [-0.05, 0) is 44.4 Å². The molecule has 0 bridgehead atoms. The van der Waals surface area contributed by atoms with Gasteiger partial charge in [0.1, 0.15) is 5.75 Å². The Morgan fingerprint density at radius 2 is 2.05 bits per heavy atom. The van der Waals surface area contributed by atoms with Crippen LogP contribution in [0.3, 0.4) is 0 Å². The lowest BCUT2D eigenvalue weighted by Gasteiger charge is -2.20. The molecule has 1 aromatic carbocycles. The molecule has 0 aromatic heterocycles. The number of amides is 1. The molecule has 0 atom stereocenters. The van der Waals surface area contributed by atoms with Crippen LogP contribution >= 0.6 is 0 Å². The highest BCUT2D eigenvalue weighted by molar-refractivity contribution is 5.76. The lowest BCUT2D eigenvalue weighted by Crippen LogP contribution is -2.31. The average molecular weight is 292 g/mol. The first kappa shape index (κ1) is 17.3. The standard InChI is InChI=1S/C17H28N2O2/c1-4-7-12-19(5-2)17(20)11-9-14-8-10-16(21-6-3)15(18)13-14/h8,10,13H,4-7,9,11-12,18H2,1-3H3. The molecule has 21 heavy (non-hydrogen) atoms. The highest BCUT2D eigenvalue weighted by Gasteiger charge is 2.11. The number of nitrogens with two attached hydrogens (primary N) is 1. The number of nitrogen functional groups attached to an aromatic ring is 1. The van der Waals surface area contributed by atoms with Gasteiger partial charge in [0.2, 0.25) is 5.91 Å². The summed E-state index contributed by atoms with van der Waals surface area (Å²) in [5.74, 6) is 0.934. The molecule has 4 heteroatoms. The van der Waals surface area contributed by atoms with Gasteiger partial charge in [-0.15, -0.1) is 0 Å². The maximum absolute atomic E-state index is 12.2. The van der Waals surface area contributed by atoms with Gasteiger partial charge in [-0.1, -0.05) is 19.4 Å². The maximum Gasteiger partial charge on any atom is 0.222 e. The van der Waals surface area contributed by atoms with Crippen molar-refractivity contribution in [3.05, 3.63) is 23.8 Å². The number of unbranched alkanes of at least 4 members (excludes halogenated alkanes) is 1. The Morgan fingerprint density at radius 3 is 2.62 bits per heavy atom. The Balaban J connectivity index is 2.54. The number of nitrogens with zero attached hydrogens (tertiary/aromatic N) is 1. The number of aryl methyl sites for hydroxylation is 1. The third kappa shape index (κ3) is 5.66. The second-order valence-corrected chi connectivity index (χ2v) is 5.13. The molecule has 1 aromatic rings. The van der Waals surface area contributed by atoms with Crippen LogP contribution in [0.5, 0.6) is 5.75 Å². The predicted molar refractivity (Wildman–Crippen MR) is 87.5 cm³/mol. The molecule has 0 aliphatic heterocycles. The van der Waals surface area contributed by atoms with E-state index in [0.29, 0.717) is 24.5 Å². The van der Waals surface area contributed by atoms with Crippen LogP contribution in [-0.4, -0.2) is 30.5 Å². The zero-order valence-electron chi connectivity index (χ0n) is 13.5. The second-order valence-electron chi connectivity index (χ2n) is 5.13. The summed E-state index contributed by atoms with van der Waals surface area (Å²) >= 11 is 0. The maximum atomic E-state index is 12.2. The third-order valence-electron chi connectivity index (χ3n) is 3.52. The fourth-order valence-corrected chi connectivity index (χ4v) is 2.26. The van der Waals surface area contributed by atoms with Gasteiger partial charge in [0, 0.05) is 19.5 Å². The Hall–Kier alpha value is -1.71. The summed E-state index contributed by atoms with van der Waals surface area (Å²) in [4.78, 5) is 14.1. The molecule has 0 aliphatic carbocycles. The molecule has 118 valence electrons. The van der Waals surface area contributed by atoms with Crippen LogP contribution in [0.25, 0.3) is 0 Å². The van der Waals surface area contributed by atoms with Crippen molar-refractivity contribution in [2.45, 2.75) is 46.5 Å². The summed E-state index contributed by atoms with van der Waals surface area (Å²) in [7, 11) is 0. The minimum atomic E-state index is 0.221. The molecule has 0 spiro atoms. The van der Waals surface area contributed by atoms with E-state index in [4.69, 9.17) is 10.5 Å². The number of benzene rings is 1. The molecule has 2 N–H and O–H groups in total. The first-order chi connectivity index (χ1) is 10.1. The van der Waals surface area contributed by atoms with E-state index in [1.807, 2.05) is 36.9 Å². The fraction of sp³-hybridized carbons (Fsp3) is 0.588. The molecule has 0 fully saturated rings. The minimum Gasteiger partial charge on any atom is -0.492 e. The van der Waals surface area contributed by atoms with Gasteiger partial charge < -0.3 is 15.4 Å². The van der Waals surface area contributed by atoms with Crippen molar-refractivity contribution in [1.29, 1.82) is 0 Å². The molecule has 4 nitrogen and oxygen atoms in total. The normalized spacial score (nSPS) is 10.4. The van der Waals surface area contributed by atoms with Crippen LogP contribution in [0.15, 0.2) is 18.2 Å². The third-order valence-corrected chi connectivity index (χ3v) is 3.52. The van der Waals surface area contributed by atoms with E-state index < -0.39 is 0 Å². The Bertz CT molecular complexity index is 446. The van der Waals surface area contributed by atoms with Gasteiger partial charge in [0.25, 0.3) is 0 Å². The Kier molecular flexibility index (Phi) is 7.65. The predicted octanol–water partition coefficient (Wildman–Crippen LogP) is 3.25. The molecule has 0 unspecified atom stereocenters. The average Bonchev–Trinajstić information content (AvgIpc) is 2.48. The molecule has 0 saturated heterocycles. The van der Waals surface area contributed by atoms with E-state index in [9.17, 15) is 4.79 Å². The lowest BCUT2D eigenvalue weighted by molar-refractivity contribution is -0.131. The summed E-state index contributed by atoms with van der Waals surface area (Å²) in [5.41, 5.74) is 7.66. The van der Waals surface area contributed by atoms with Crippen molar-refractivity contribution in [2.75, 3.05) is 25.4 Å². The van der Waals surface area contributed by atoms with Gasteiger partial charge >= 0.3 is 0 Å². The van der Waals surface area contributed by atoms with Crippen LogP contribution in [0.4, 0.5) is 5.69 Å². The van der Waals surface area contributed by atoms with E-state index in [2.05, 4.69) is 6.92 Å². The Morgan fingerprint density at radius 1 is 1.29 bits per heavy atom. The van der Waals surface area contributed by atoms with Crippen LogP contribution in [-0.2, 0) is 11.2 Å². The molecule has 1 rings (SSSR count). The van der Waals surface area contributed by atoms with Crippen LogP contribution < -0.4 is 10.5 Å². The molecular weight excluding hydrogens is 264 g/mol. The second kappa shape index (κ2) is 9.27. The summed E-state index contributed by atoms with van der Waals surface area (Å²) in [6.45, 7) is 8.34. The van der Waals surface area contributed by atoms with E-state index in [-0.39, 0.29) is 5.91 Å². The van der Waals surface area contributed by atoms with Gasteiger partial charge in [-0.2, -0.15) is 0 Å². The van der Waals surface area contributed by atoms with E-state index in [1.54, 1.807) is 0 Å². The van der Waals surface area contributed by atoms with Crippen LogP contribution in [0, 0.1) is 0 Å². The molecular formula is C17H28N2O2. The number of hydrogen-bond donors (Lipinski definition) is 1. The van der Waals surface area contributed by atoms with Gasteiger partial charge in [-0.25, -0.2) is 0 Å². The van der Waals surface area contributed by atoms with Crippen molar-refractivity contribution >= 4 is 11.6 Å².